The Morgan fingerprint density at radius 2 is 1.76 bits per heavy atom. The van der Waals surface area contributed by atoms with E-state index in [1.807, 2.05) is 0 Å². The summed E-state index contributed by atoms with van der Waals surface area (Å²) >= 11 is 13.1. The average molecular weight is 580 g/mol. The molecular weight excluding hydrogens is 553 g/mol. The van der Waals surface area contributed by atoms with E-state index in [-0.39, 0.29) is 44.2 Å². The van der Waals surface area contributed by atoms with E-state index in [4.69, 9.17) is 48.9 Å². The molecule has 1 unspecified atom stereocenters. The zero-order chi connectivity index (χ0) is 27.6. The second-order valence-electron chi connectivity index (χ2n) is 8.43. The van der Waals surface area contributed by atoms with E-state index in [9.17, 15) is 13.2 Å². The number of nitrogens with two attached hydrogens (primary N) is 2. The van der Waals surface area contributed by atoms with Gasteiger partial charge in [-0.1, -0.05) is 41.4 Å². The quantitative estimate of drug-likeness (QED) is 0.272. The van der Waals surface area contributed by atoms with Crippen molar-refractivity contribution in [1.29, 1.82) is 0 Å². The molecule has 9 nitrogen and oxygen atoms in total. The number of amides is 1. The molecule has 0 spiro atoms. The predicted molar refractivity (Wildman–Crippen MR) is 147 cm³/mol. The summed E-state index contributed by atoms with van der Waals surface area (Å²) in [6.45, 7) is 0.975. The van der Waals surface area contributed by atoms with Gasteiger partial charge >= 0.3 is 0 Å². The van der Waals surface area contributed by atoms with Crippen LogP contribution in [0.5, 0.6) is 11.5 Å². The Morgan fingerprint density at radius 1 is 1.03 bits per heavy atom. The summed E-state index contributed by atoms with van der Waals surface area (Å²) in [6, 6.07) is 12.5. The number of rotatable bonds is 10. The van der Waals surface area contributed by atoms with Crippen molar-refractivity contribution in [2.24, 2.45) is 5.73 Å². The number of benzene rings is 3. The minimum absolute atomic E-state index is 0.0113. The first-order chi connectivity index (χ1) is 18.2. The number of hydrogen-bond donors (Lipinski definition) is 2. The molecule has 1 atom stereocenters. The fourth-order valence-corrected chi connectivity index (χ4v) is 6.53. The van der Waals surface area contributed by atoms with E-state index in [1.165, 1.54) is 32.4 Å². The number of nitrogens with zero attached hydrogens (tertiary/aromatic N) is 1. The molecule has 3 aromatic carbocycles. The molecule has 1 aliphatic rings. The number of ether oxygens (including phenoxy) is 3. The number of anilines is 2. The summed E-state index contributed by atoms with van der Waals surface area (Å²) in [7, 11) is -1.71. The normalized spacial score (nSPS) is 15.0. The van der Waals surface area contributed by atoms with Crippen LogP contribution in [-0.2, 0) is 26.0 Å². The Morgan fingerprint density at radius 3 is 2.42 bits per heavy atom. The third kappa shape index (κ3) is 4.90. The maximum absolute atomic E-state index is 14.1. The fourth-order valence-electron chi connectivity index (χ4n) is 4.45. The maximum Gasteiger partial charge on any atom is 0.274 e. The lowest BCUT2D eigenvalue weighted by Crippen LogP contribution is -2.35. The number of carbonyl (C=O) groups is 1. The Labute approximate surface area is 231 Å². The maximum atomic E-state index is 14.1. The van der Waals surface area contributed by atoms with E-state index in [1.54, 1.807) is 30.3 Å². The van der Waals surface area contributed by atoms with E-state index in [0.29, 0.717) is 36.4 Å². The molecule has 0 aromatic heterocycles. The van der Waals surface area contributed by atoms with Gasteiger partial charge in [-0.15, -0.1) is 0 Å². The minimum Gasteiger partial charge on any atom is -0.497 e. The van der Waals surface area contributed by atoms with E-state index < -0.39 is 21.8 Å². The highest BCUT2D eigenvalue weighted by atomic mass is 35.5. The Kier molecular flexibility index (Phi) is 8.39. The summed E-state index contributed by atoms with van der Waals surface area (Å²) in [5.41, 5.74) is 13.4. The molecule has 202 valence electrons. The van der Waals surface area contributed by atoms with E-state index in [2.05, 4.69) is 0 Å². The van der Waals surface area contributed by atoms with Crippen molar-refractivity contribution in [3.05, 3.63) is 75.3 Å². The molecule has 1 heterocycles. The van der Waals surface area contributed by atoms with Crippen LogP contribution in [0.1, 0.15) is 22.6 Å². The largest absolute Gasteiger partial charge is 0.497 e. The second kappa shape index (κ2) is 11.4. The van der Waals surface area contributed by atoms with Crippen molar-refractivity contribution in [2.75, 3.05) is 44.0 Å². The fraction of sp³-hybridized carbons (Fsp3) is 0.269. The van der Waals surface area contributed by atoms with Crippen molar-refractivity contribution in [3.8, 4) is 11.5 Å². The van der Waals surface area contributed by atoms with Gasteiger partial charge in [0, 0.05) is 23.2 Å². The van der Waals surface area contributed by atoms with Gasteiger partial charge in [-0.05, 0) is 41.8 Å². The van der Waals surface area contributed by atoms with Gasteiger partial charge < -0.3 is 25.7 Å². The third-order valence-corrected chi connectivity index (χ3v) is 8.77. The summed E-state index contributed by atoms with van der Waals surface area (Å²) in [5, 5.41) is 0.499. The molecule has 0 radical (unpaired) electrons. The topological polar surface area (TPSA) is 134 Å². The molecular formula is C26H27Cl2N3O6S. The zero-order valence-corrected chi connectivity index (χ0v) is 23.1. The number of methoxy groups -OCH3 is 2. The highest BCUT2D eigenvalue weighted by molar-refractivity contribution is 7.93. The first-order valence-corrected chi connectivity index (χ1v) is 13.8. The van der Waals surface area contributed by atoms with Crippen LogP contribution >= 0.6 is 23.2 Å². The van der Waals surface area contributed by atoms with Gasteiger partial charge in [-0.3, -0.25) is 4.79 Å². The molecule has 0 fully saturated rings. The monoisotopic (exact) mass is 579 g/mol. The average Bonchev–Trinajstić information content (AvgIpc) is 3.21. The number of sulfonamides is 1. The Balaban J connectivity index is 1.94. The molecule has 4 N–H and O–H groups in total. The lowest BCUT2D eigenvalue weighted by Gasteiger charge is -2.21. The summed E-state index contributed by atoms with van der Waals surface area (Å²) in [6.07, 6.45) is 0.320. The lowest BCUT2D eigenvalue weighted by molar-refractivity contribution is -0.117. The minimum atomic E-state index is -4.48. The molecule has 4 rings (SSSR count). The standard InChI is InChI=1S/C26H27Cl2N3O6S/c1-35-16-7-8-21(20(14-16)36-2)38(33,34)31-19-13-15(9-11-37-12-10-29)24(28)25(30)23(19)22(26(31)32)17-5-3-4-6-18(17)27/h3-8,13-14,22H,9-12,29-30H2,1-2H3. The van der Waals surface area contributed by atoms with Crippen molar-refractivity contribution < 1.29 is 27.4 Å². The van der Waals surface area contributed by atoms with Gasteiger partial charge in [0.15, 0.2) is 0 Å². The summed E-state index contributed by atoms with van der Waals surface area (Å²) < 4.78 is 44.9. The smallest absolute Gasteiger partial charge is 0.274 e. The van der Waals surface area contributed by atoms with E-state index >= 15 is 0 Å². The Bertz CT molecular complexity index is 1480. The molecule has 0 saturated carbocycles. The van der Waals surface area contributed by atoms with Crippen molar-refractivity contribution in [2.45, 2.75) is 17.2 Å². The molecule has 38 heavy (non-hydrogen) atoms. The van der Waals surface area contributed by atoms with Crippen LogP contribution in [0.4, 0.5) is 11.4 Å². The number of hydrogen-bond acceptors (Lipinski definition) is 8. The number of nitrogen functional groups attached to an aromatic ring is 1. The molecule has 0 bridgehead atoms. The number of carbonyl (C=O) groups excluding carboxylic acids is 1. The van der Waals surface area contributed by atoms with Gasteiger partial charge in [0.1, 0.15) is 16.4 Å². The molecule has 0 aliphatic carbocycles. The van der Waals surface area contributed by atoms with Gasteiger partial charge in [0.2, 0.25) is 0 Å². The Hall–Kier alpha value is -3.02. The van der Waals surface area contributed by atoms with Crippen LogP contribution in [0.2, 0.25) is 10.0 Å². The molecule has 0 saturated heterocycles. The lowest BCUT2D eigenvalue weighted by atomic mass is 9.90. The van der Waals surface area contributed by atoms with Crippen LogP contribution in [0.25, 0.3) is 0 Å². The van der Waals surface area contributed by atoms with Crippen molar-refractivity contribution in [1.82, 2.24) is 0 Å². The molecule has 3 aromatic rings. The third-order valence-electron chi connectivity index (χ3n) is 6.23. The zero-order valence-electron chi connectivity index (χ0n) is 20.7. The predicted octanol–water partition coefficient (Wildman–Crippen LogP) is 3.98. The number of fused-ring (bicyclic) bond motifs is 1. The SMILES string of the molecule is COc1ccc(S(=O)(=O)N2C(=O)C(c3ccccc3Cl)c3c2cc(CCOCCN)c(Cl)c3N)c(OC)c1. The van der Waals surface area contributed by atoms with Crippen LogP contribution in [0, 0.1) is 0 Å². The first-order valence-electron chi connectivity index (χ1n) is 11.6. The van der Waals surface area contributed by atoms with Gasteiger partial charge in [-0.2, -0.15) is 0 Å². The van der Waals surface area contributed by atoms with Crippen LogP contribution < -0.4 is 25.2 Å². The second-order valence-corrected chi connectivity index (χ2v) is 11.0. The van der Waals surface area contributed by atoms with Gasteiger partial charge in [0.05, 0.1) is 49.7 Å². The molecule has 12 heteroatoms. The molecule has 1 amide bonds. The highest BCUT2D eigenvalue weighted by Crippen LogP contribution is 2.51. The first kappa shape index (κ1) is 28.0. The van der Waals surface area contributed by atoms with Crippen molar-refractivity contribution in [3.63, 3.8) is 0 Å². The highest BCUT2D eigenvalue weighted by Gasteiger charge is 2.48. The van der Waals surface area contributed by atoms with Crippen LogP contribution in [-0.4, -0.2) is 48.3 Å². The summed E-state index contributed by atoms with van der Waals surface area (Å²) in [4.78, 5) is 13.8. The summed E-state index contributed by atoms with van der Waals surface area (Å²) in [5.74, 6) is -1.45. The van der Waals surface area contributed by atoms with Crippen LogP contribution in [0.3, 0.4) is 0 Å². The number of halogens is 2. The molecule has 1 aliphatic heterocycles. The van der Waals surface area contributed by atoms with Crippen molar-refractivity contribution >= 4 is 50.5 Å². The van der Waals surface area contributed by atoms with Gasteiger partial charge in [0.25, 0.3) is 15.9 Å². The van der Waals surface area contributed by atoms with Crippen LogP contribution in [0.15, 0.2) is 53.4 Å². The van der Waals surface area contributed by atoms with Gasteiger partial charge in [-0.25, -0.2) is 12.7 Å². The van der Waals surface area contributed by atoms with E-state index in [0.717, 1.165) is 4.31 Å².